The molecule has 7 nitrogen and oxygen atoms in total. The first-order valence-electron chi connectivity index (χ1n) is 15.4. The third-order valence-corrected chi connectivity index (χ3v) is 10.8. The van der Waals surface area contributed by atoms with E-state index in [2.05, 4.69) is 45.2 Å². The average molecular weight is 888 g/mol. The summed E-state index contributed by atoms with van der Waals surface area (Å²) < 4.78 is 30.4. The van der Waals surface area contributed by atoms with Gasteiger partial charge in [-0.15, -0.1) is 0 Å². The Hall–Kier alpha value is -3.56. The summed E-state index contributed by atoms with van der Waals surface area (Å²) in [4.78, 5) is 36.0. The molecule has 0 bridgehead atoms. The highest BCUT2D eigenvalue weighted by atomic mass is 127. The van der Waals surface area contributed by atoms with Crippen molar-refractivity contribution in [2.45, 2.75) is 33.4 Å². The van der Waals surface area contributed by atoms with Gasteiger partial charge in [-0.1, -0.05) is 59.9 Å². The van der Waals surface area contributed by atoms with Crippen molar-refractivity contribution in [2.75, 3.05) is 20.2 Å². The van der Waals surface area contributed by atoms with Crippen molar-refractivity contribution in [3.63, 3.8) is 0 Å². The maximum atomic E-state index is 14.6. The summed E-state index contributed by atoms with van der Waals surface area (Å²) >= 11 is 5.69. The van der Waals surface area contributed by atoms with Gasteiger partial charge in [-0.3, -0.25) is 14.2 Å². The number of allylic oxidation sites excluding steroid dienone is 1. The van der Waals surface area contributed by atoms with Crippen LogP contribution in [0.5, 0.6) is 11.5 Å². The van der Waals surface area contributed by atoms with Gasteiger partial charge in [0.25, 0.3) is 11.5 Å². The van der Waals surface area contributed by atoms with Gasteiger partial charge in [-0.2, -0.15) is 0 Å². The second kappa shape index (κ2) is 14.5. The molecule has 0 aliphatic carbocycles. The Kier molecular flexibility index (Phi) is 10.4. The number of likely N-dealkylation sites (N-methyl/N-ethyl adjacent to an activating group) is 1. The van der Waals surface area contributed by atoms with Crippen LogP contribution in [0.3, 0.4) is 0 Å². The molecular weight excluding hydrogens is 855 g/mol. The first kappa shape index (κ1) is 34.3. The zero-order chi connectivity index (χ0) is 34.1. The van der Waals surface area contributed by atoms with Crippen molar-refractivity contribution < 1.29 is 18.7 Å². The van der Waals surface area contributed by atoms with Gasteiger partial charge in [-0.05, 0) is 107 Å². The molecule has 4 aromatic carbocycles. The van der Waals surface area contributed by atoms with Crippen LogP contribution < -0.4 is 24.4 Å². The Bertz CT molecular complexity index is 2280. The third-order valence-electron chi connectivity index (χ3n) is 8.38. The minimum atomic E-state index is -0.787. The standard InChI is InChI=1S/C37H32FI2N3O4S/c1-5-42(6-2)36(45)31-21(3)41-37-43(33(31)32-26-13-9-7-11-22(26)15-16-29(32)46-4)35(44)30(48-37)18-24-17-25(39)19-28(40)34(24)47-20-23-12-8-10-14-27(23)38/h7-19,33H,5-6,20H2,1-4H3/b30-18+/t33-/m1/s1. The van der Waals surface area contributed by atoms with E-state index < -0.39 is 6.04 Å². The normalized spacial score (nSPS) is 14.6. The van der Waals surface area contributed by atoms with E-state index >= 15 is 0 Å². The summed E-state index contributed by atoms with van der Waals surface area (Å²) in [6, 6.07) is 21.4. The lowest BCUT2D eigenvalue weighted by atomic mass is 9.90. The van der Waals surface area contributed by atoms with Crippen molar-refractivity contribution in [3.8, 4) is 11.5 Å². The van der Waals surface area contributed by atoms with Crippen LogP contribution in [0.15, 0.2) is 93.9 Å². The highest BCUT2D eigenvalue weighted by molar-refractivity contribution is 14.1. The van der Waals surface area contributed by atoms with Crippen molar-refractivity contribution in [3.05, 3.63) is 133 Å². The van der Waals surface area contributed by atoms with Crippen LogP contribution >= 0.6 is 56.5 Å². The number of aromatic nitrogens is 1. The fourth-order valence-corrected chi connectivity index (χ4v) is 9.11. The zero-order valence-corrected chi connectivity index (χ0v) is 31.9. The molecule has 246 valence electrons. The lowest BCUT2D eigenvalue weighted by molar-refractivity contribution is -0.127. The Labute approximate surface area is 308 Å². The molecule has 0 unspecified atom stereocenters. The van der Waals surface area contributed by atoms with E-state index in [1.807, 2.05) is 69.3 Å². The van der Waals surface area contributed by atoms with Crippen molar-refractivity contribution in [1.82, 2.24) is 9.47 Å². The lowest BCUT2D eigenvalue weighted by Crippen LogP contribution is -2.43. The highest BCUT2D eigenvalue weighted by Crippen LogP contribution is 2.40. The molecule has 0 radical (unpaired) electrons. The molecule has 0 spiro atoms. The number of thiazole rings is 1. The first-order chi connectivity index (χ1) is 23.2. The molecule has 1 atom stereocenters. The number of ether oxygens (including phenoxy) is 2. The maximum Gasteiger partial charge on any atom is 0.271 e. The monoisotopic (exact) mass is 887 g/mol. The number of carbonyl (C=O) groups excluding carboxylic acids is 1. The lowest BCUT2D eigenvalue weighted by Gasteiger charge is -2.30. The SMILES string of the molecule is CCN(CC)C(=O)C1=C(C)N=c2s/c(=C/c3cc(I)cc(I)c3OCc3ccccc3F)c(=O)n2[C@H]1c1c(OC)ccc2ccccc12. The molecule has 2 heterocycles. The molecule has 1 amide bonds. The van der Waals surface area contributed by atoms with Gasteiger partial charge in [0.1, 0.15) is 30.0 Å². The number of hydrogen-bond donors (Lipinski definition) is 0. The summed E-state index contributed by atoms with van der Waals surface area (Å²) in [7, 11) is 1.60. The predicted molar refractivity (Wildman–Crippen MR) is 205 cm³/mol. The van der Waals surface area contributed by atoms with Crippen molar-refractivity contribution in [2.24, 2.45) is 4.99 Å². The second-order valence-corrected chi connectivity index (χ2v) is 14.6. The van der Waals surface area contributed by atoms with E-state index in [4.69, 9.17) is 14.5 Å². The van der Waals surface area contributed by atoms with E-state index in [1.54, 1.807) is 40.9 Å². The van der Waals surface area contributed by atoms with E-state index in [0.29, 0.717) is 56.3 Å². The summed E-state index contributed by atoms with van der Waals surface area (Å²) in [5.74, 6) is 0.600. The van der Waals surface area contributed by atoms with Crippen LogP contribution in [-0.4, -0.2) is 35.6 Å². The van der Waals surface area contributed by atoms with Crippen LogP contribution in [0, 0.1) is 13.0 Å². The summed E-state index contributed by atoms with van der Waals surface area (Å²) in [6.07, 6.45) is 1.80. The van der Waals surface area contributed by atoms with Crippen molar-refractivity contribution in [1.29, 1.82) is 0 Å². The van der Waals surface area contributed by atoms with Crippen LogP contribution in [0.2, 0.25) is 0 Å². The quantitative estimate of drug-likeness (QED) is 0.147. The maximum absolute atomic E-state index is 14.6. The second-order valence-electron chi connectivity index (χ2n) is 11.1. The molecule has 0 saturated carbocycles. The molecule has 0 saturated heterocycles. The van der Waals surface area contributed by atoms with Crippen LogP contribution in [0.1, 0.15) is 43.5 Å². The number of amides is 1. The molecule has 0 fully saturated rings. The Morgan fingerprint density at radius 2 is 1.79 bits per heavy atom. The van der Waals surface area contributed by atoms with Crippen LogP contribution in [0.4, 0.5) is 4.39 Å². The Balaban J connectivity index is 1.58. The van der Waals surface area contributed by atoms with E-state index in [9.17, 15) is 14.0 Å². The van der Waals surface area contributed by atoms with Crippen LogP contribution in [0.25, 0.3) is 16.8 Å². The molecule has 5 aromatic rings. The predicted octanol–water partition coefficient (Wildman–Crippen LogP) is 7.19. The van der Waals surface area contributed by atoms with E-state index in [0.717, 1.165) is 23.5 Å². The number of methoxy groups -OCH3 is 1. The Morgan fingerprint density at radius 1 is 1.06 bits per heavy atom. The van der Waals surface area contributed by atoms with Gasteiger partial charge in [-0.25, -0.2) is 9.38 Å². The van der Waals surface area contributed by atoms with Gasteiger partial charge in [0.05, 0.1) is 26.5 Å². The average Bonchev–Trinajstić information content (AvgIpc) is 3.37. The molecule has 0 N–H and O–H groups in total. The van der Waals surface area contributed by atoms with Crippen LogP contribution in [-0.2, 0) is 11.4 Å². The number of benzene rings is 4. The topological polar surface area (TPSA) is 73.1 Å². The molecule has 1 aromatic heterocycles. The van der Waals surface area contributed by atoms with Crippen molar-refractivity contribution >= 4 is 79.3 Å². The smallest absolute Gasteiger partial charge is 0.271 e. The largest absolute Gasteiger partial charge is 0.496 e. The van der Waals surface area contributed by atoms with E-state index in [-0.39, 0.29) is 23.9 Å². The van der Waals surface area contributed by atoms with E-state index in [1.165, 1.54) is 17.4 Å². The number of hydrogen-bond acceptors (Lipinski definition) is 6. The molecule has 48 heavy (non-hydrogen) atoms. The Morgan fingerprint density at radius 3 is 2.52 bits per heavy atom. The minimum Gasteiger partial charge on any atom is -0.496 e. The van der Waals surface area contributed by atoms with Gasteiger partial charge < -0.3 is 14.4 Å². The number of rotatable bonds is 9. The molecule has 11 heteroatoms. The van der Waals surface area contributed by atoms with Gasteiger partial charge >= 0.3 is 0 Å². The molecular formula is C37H32FI2N3O4S. The zero-order valence-electron chi connectivity index (χ0n) is 26.7. The van der Waals surface area contributed by atoms with Gasteiger partial charge in [0.15, 0.2) is 4.80 Å². The molecule has 1 aliphatic rings. The highest BCUT2D eigenvalue weighted by Gasteiger charge is 2.36. The minimum absolute atomic E-state index is 0.0300. The summed E-state index contributed by atoms with van der Waals surface area (Å²) in [6.45, 7) is 6.76. The summed E-state index contributed by atoms with van der Waals surface area (Å²) in [5.41, 5.74) is 2.54. The number of halogens is 3. The van der Waals surface area contributed by atoms with Gasteiger partial charge in [0.2, 0.25) is 0 Å². The number of nitrogens with zero attached hydrogens (tertiary/aromatic N) is 3. The fourth-order valence-electron chi connectivity index (χ4n) is 6.03. The van der Waals surface area contributed by atoms with Gasteiger partial charge in [0, 0.05) is 33.4 Å². The molecule has 1 aliphatic heterocycles. The fraction of sp³-hybridized carbons (Fsp3) is 0.216. The third kappa shape index (κ3) is 6.43. The number of fused-ring (bicyclic) bond motifs is 2. The first-order valence-corrected chi connectivity index (χ1v) is 18.4. The summed E-state index contributed by atoms with van der Waals surface area (Å²) in [5, 5.41) is 1.84. The molecule has 6 rings (SSSR count). The number of carbonyl (C=O) groups is 1.